The van der Waals surface area contributed by atoms with E-state index < -0.39 is 0 Å². The lowest BCUT2D eigenvalue weighted by Crippen LogP contribution is -2.23. The molecule has 9 nitrogen and oxygen atoms in total. The number of rotatable bonds is 8. The molecule has 1 saturated carbocycles. The van der Waals surface area contributed by atoms with Crippen LogP contribution in [0.25, 0.3) is 16.6 Å². The van der Waals surface area contributed by atoms with Gasteiger partial charge in [0.1, 0.15) is 6.10 Å². The maximum atomic E-state index is 10.0. The molecule has 0 unspecified atom stereocenters. The van der Waals surface area contributed by atoms with Crippen LogP contribution in [-0.4, -0.2) is 69.7 Å². The SMILES string of the molecule is COC[C@H](C)Nc1ncc2c(-c3ccnc(O[C@@H]4CCNC4)c3)cc([C@H]3CC[C@H](O)CC3)n2n1. The third-order valence-corrected chi connectivity index (χ3v) is 6.80. The molecule has 34 heavy (non-hydrogen) atoms. The van der Waals surface area contributed by atoms with Gasteiger partial charge >= 0.3 is 0 Å². The van der Waals surface area contributed by atoms with Crippen LogP contribution < -0.4 is 15.4 Å². The average molecular weight is 467 g/mol. The Labute approximate surface area is 199 Å². The number of aliphatic hydroxyl groups is 1. The summed E-state index contributed by atoms with van der Waals surface area (Å²) in [5.74, 6) is 1.55. The van der Waals surface area contributed by atoms with Crippen LogP contribution in [0.5, 0.6) is 5.88 Å². The smallest absolute Gasteiger partial charge is 0.241 e. The minimum Gasteiger partial charge on any atom is -0.473 e. The standard InChI is InChI=1S/C25H34N6O3/c1-16(15-33-2)29-25-28-14-23-21(12-22(31(23)30-25)17-3-5-19(32)6-4-17)18-7-10-27-24(11-18)34-20-8-9-26-13-20/h7,10-12,14,16-17,19-20,26,32H,3-6,8-9,13,15H2,1-2H3,(H,29,30)/t16-,17-,19-,20+/m0/s1. The largest absolute Gasteiger partial charge is 0.473 e. The van der Waals surface area contributed by atoms with E-state index in [4.69, 9.17) is 14.6 Å². The molecule has 2 atom stereocenters. The molecule has 0 bridgehead atoms. The lowest BCUT2D eigenvalue weighted by Gasteiger charge is -2.25. The van der Waals surface area contributed by atoms with Crippen molar-refractivity contribution in [2.75, 3.05) is 32.1 Å². The first-order valence-corrected chi connectivity index (χ1v) is 12.3. The quantitative estimate of drug-likeness (QED) is 0.465. The lowest BCUT2D eigenvalue weighted by molar-refractivity contribution is 0.121. The van der Waals surface area contributed by atoms with E-state index in [1.54, 1.807) is 13.3 Å². The van der Waals surface area contributed by atoms with Crippen LogP contribution in [0.3, 0.4) is 0 Å². The van der Waals surface area contributed by atoms with Crippen LogP contribution in [-0.2, 0) is 4.74 Å². The van der Waals surface area contributed by atoms with Crippen molar-refractivity contribution in [1.82, 2.24) is 24.9 Å². The molecular formula is C25H34N6O3. The zero-order chi connectivity index (χ0) is 23.5. The Kier molecular flexibility index (Phi) is 6.94. The fraction of sp³-hybridized carbons (Fsp3) is 0.560. The van der Waals surface area contributed by atoms with Gasteiger partial charge in [0, 0.05) is 49.1 Å². The first kappa shape index (κ1) is 23.0. The van der Waals surface area contributed by atoms with E-state index in [1.807, 2.05) is 29.8 Å². The molecule has 0 aromatic carbocycles. The van der Waals surface area contributed by atoms with Gasteiger partial charge in [0.2, 0.25) is 11.8 Å². The van der Waals surface area contributed by atoms with E-state index in [2.05, 4.69) is 26.7 Å². The van der Waals surface area contributed by atoms with Crippen LogP contribution in [0.15, 0.2) is 30.6 Å². The Bertz CT molecular complexity index is 1110. The predicted octanol–water partition coefficient (Wildman–Crippen LogP) is 3.00. The Morgan fingerprint density at radius 2 is 2.06 bits per heavy atom. The fourth-order valence-electron chi connectivity index (χ4n) is 5.03. The van der Waals surface area contributed by atoms with Gasteiger partial charge in [0.05, 0.1) is 24.4 Å². The predicted molar refractivity (Wildman–Crippen MR) is 130 cm³/mol. The number of anilines is 1. The van der Waals surface area contributed by atoms with Crippen LogP contribution >= 0.6 is 0 Å². The maximum Gasteiger partial charge on any atom is 0.241 e. The minimum absolute atomic E-state index is 0.0933. The van der Waals surface area contributed by atoms with Crippen molar-refractivity contribution in [3.63, 3.8) is 0 Å². The number of hydrogen-bond acceptors (Lipinski definition) is 8. The Morgan fingerprint density at radius 3 is 2.82 bits per heavy atom. The van der Waals surface area contributed by atoms with Crippen molar-refractivity contribution in [2.45, 2.75) is 63.2 Å². The topological polar surface area (TPSA) is 106 Å². The molecule has 9 heteroatoms. The molecule has 3 aromatic rings. The molecule has 0 radical (unpaired) electrons. The molecule has 4 heterocycles. The summed E-state index contributed by atoms with van der Waals surface area (Å²) < 4.78 is 13.4. The van der Waals surface area contributed by atoms with Gasteiger partial charge in [-0.2, -0.15) is 0 Å². The Balaban J connectivity index is 1.51. The van der Waals surface area contributed by atoms with E-state index in [1.165, 1.54) is 0 Å². The van der Waals surface area contributed by atoms with E-state index in [-0.39, 0.29) is 18.2 Å². The summed E-state index contributed by atoms with van der Waals surface area (Å²) in [4.78, 5) is 9.04. The maximum absolute atomic E-state index is 10.0. The molecule has 182 valence electrons. The summed E-state index contributed by atoms with van der Waals surface area (Å²) in [7, 11) is 1.69. The highest BCUT2D eigenvalue weighted by Crippen LogP contribution is 2.38. The lowest BCUT2D eigenvalue weighted by atomic mass is 9.85. The van der Waals surface area contributed by atoms with Crippen LogP contribution in [0, 0.1) is 0 Å². The monoisotopic (exact) mass is 466 g/mol. The normalized spacial score (nSPS) is 23.8. The van der Waals surface area contributed by atoms with E-state index in [0.717, 1.165) is 67.5 Å². The number of ether oxygens (including phenoxy) is 2. The second-order valence-electron chi connectivity index (χ2n) is 9.48. The van der Waals surface area contributed by atoms with Gasteiger partial charge < -0.3 is 25.2 Å². The molecule has 1 saturated heterocycles. The third-order valence-electron chi connectivity index (χ3n) is 6.80. The Morgan fingerprint density at radius 1 is 1.21 bits per heavy atom. The zero-order valence-electron chi connectivity index (χ0n) is 19.9. The highest BCUT2D eigenvalue weighted by Gasteiger charge is 2.26. The summed E-state index contributed by atoms with van der Waals surface area (Å²) >= 11 is 0. The minimum atomic E-state index is -0.200. The molecule has 1 aliphatic carbocycles. The summed E-state index contributed by atoms with van der Waals surface area (Å²) in [5, 5.41) is 21.6. The van der Waals surface area contributed by atoms with Gasteiger partial charge in [-0.25, -0.2) is 14.5 Å². The van der Waals surface area contributed by atoms with Crippen molar-refractivity contribution in [3.05, 3.63) is 36.3 Å². The van der Waals surface area contributed by atoms with Gasteiger partial charge in [0.25, 0.3) is 0 Å². The molecule has 0 amide bonds. The fourth-order valence-corrected chi connectivity index (χ4v) is 5.03. The highest BCUT2D eigenvalue weighted by atomic mass is 16.5. The number of nitrogens with one attached hydrogen (secondary N) is 2. The zero-order valence-corrected chi connectivity index (χ0v) is 19.9. The third kappa shape index (κ3) is 5.01. The van der Waals surface area contributed by atoms with Crippen molar-refractivity contribution in [3.8, 4) is 17.0 Å². The van der Waals surface area contributed by atoms with Crippen molar-refractivity contribution in [1.29, 1.82) is 0 Å². The van der Waals surface area contributed by atoms with Gasteiger partial charge in [-0.1, -0.05) is 0 Å². The Hall–Kier alpha value is -2.75. The van der Waals surface area contributed by atoms with Crippen LogP contribution in [0.4, 0.5) is 5.95 Å². The molecule has 3 aromatic heterocycles. The molecule has 0 spiro atoms. The average Bonchev–Trinajstić information content (AvgIpc) is 3.48. The second-order valence-corrected chi connectivity index (χ2v) is 9.48. The summed E-state index contributed by atoms with van der Waals surface area (Å²) in [6, 6.07) is 6.34. The number of methoxy groups -OCH3 is 1. The van der Waals surface area contributed by atoms with E-state index in [9.17, 15) is 5.11 Å². The molecular weight excluding hydrogens is 432 g/mol. The number of nitrogens with zero attached hydrogens (tertiary/aromatic N) is 4. The first-order chi connectivity index (χ1) is 16.6. The number of aliphatic hydroxyl groups excluding tert-OH is 1. The highest BCUT2D eigenvalue weighted by molar-refractivity contribution is 5.81. The van der Waals surface area contributed by atoms with Crippen molar-refractivity contribution in [2.24, 2.45) is 0 Å². The second kappa shape index (κ2) is 10.2. The number of pyridine rings is 1. The van der Waals surface area contributed by atoms with Gasteiger partial charge in [0.15, 0.2) is 0 Å². The number of hydrogen-bond donors (Lipinski definition) is 3. The summed E-state index contributed by atoms with van der Waals surface area (Å²) in [6.45, 7) is 4.44. The number of fused-ring (bicyclic) bond motifs is 1. The number of aromatic nitrogens is 4. The van der Waals surface area contributed by atoms with Gasteiger partial charge in [-0.3, -0.25) is 0 Å². The van der Waals surface area contributed by atoms with Crippen molar-refractivity contribution >= 4 is 11.5 Å². The van der Waals surface area contributed by atoms with E-state index in [0.29, 0.717) is 24.4 Å². The molecule has 2 fully saturated rings. The van der Waals surface area contributed by atoms with Crippen molar-refractivity contribution < 1.29 is 14.6 Å². The molecule has 2 aliphatic rings. The first-order valence-electron chi connectivity index (χ1n) is 12.3. The molecule has 3 N–H and O–H groups in total. The van der Waals surface area contributed by atoms with Gasteiger partial charge in [-0.05, 0) is 63.3 Å². The molecule has 5 rings (SSSR count). The van der Waals surface area contributed by atoms with E-state index >= 15 is 0 Å². The summed E-state index contributed by atoms with van der Waals surface area (Å²) in [6.07, 6.45) is 8.15. The van der Waals surface area contributed by atoms with Crippen LogP contribution in [0.2, 0.25) is 0 Å². The van der Waals surface area contributed by atoms with Crippen LogP contribution in [0.1, 0.15) is 50.6 Å². The van der Waals surface area contributed by atoms with Gasteiger partial charge in [-0.15, -0.1) is 5.10 Å². The summed E-state index contributed by atoms with van der Waals surface area (Å²) in [5.41, 5.74) is 4.20. The molecule has 1 aliphatic heterocycles.